The molecule has 2 aliphatic rings. The van der Waals surface area contributed by atoms with Gasteiger partial charge < -0.3 is 5.73 Å². The summed E-state index contributed by atoms with van der Waals surface area (Å²) < 4.78 is 0. The minimum absolute atomic E-state index is 0.0186. The molecule has 17 heavy (non-hydrogen) atoms. The smallest absolute Gasteiger partial charge is 0.265 e. The van der Waals surface area contributed by atoms with Crippen LogP contribution in [0.5, 0.6) is 0 Å². The highest BCUT2D eigenvalue weighted by atomic mass is 32.2. The molecule has 4 nitrogen and oxygen atoms in total. The molecule has 0 spiro atoms. The molecule has 2 unspecified atom stereocenters. The summed E-state index contributed by atoms with van der Waals surface area (Å²) in [5.41, 5.74) is 6.61. The molecule has 0 aliphatic carbocycles. The Balaban J connectivity index is 2.34. The Bertz CT molecular complexity index is 423. The van der Waals surface area contributed by atoms with Crippen LogP contribution in [-0.4, -0.2) is 27.8 Å². The Kier molecular flexibility index (Phi) is 2.77. The van der Waals surface area contributed by atoms with E-state index in [4.69, 9.17) is 5.73 Å². The van der Waals surface area contributed by atoms with E-state index in [1.54, 1.807) is 16.7 Å². The Morgan fingerprint density at radius 1 is 1.47 bits per heavy atom. The number of hydrogen-bond acceptors (Lipinski definition) is 3. The quantitative estimate of drug-likeness (QED) is 0.718. The van der Waals surface area contributed by atoms with Gasteiger partial charge in [0, 0.05) is 5.75 Å². The lowest BCUT2D eigenvalue weighted by Crippen LogP contribution is -2.65. The molecule has 2 heterocycles. The summed E-state index contributed by atoms with van der Waals surface area (Å²) in [6.45, 7) is 8.04. The number of fused-ring (bicyclic) bond motifs is 1. The molecule has 0 radical (unpaired) electrons. The van der Waals surface area contributed by atoms with Crippen molar-refractivity contribution in [2.24, 2.45) is 17.1 Å². The highest BCUT2D eigenvalue weighted by molar-refractivity contribution is 8.00. The summed E-state index contributed by atoms with van der Waals surface area (Å²) >= 11 is 1.72. The van der Waals surface area contributed by atoms with Gasteiger partial charge >= 0.3 is 0 Å². The molecule has 5 heteroatoms. The molecule has 0 aromatic heterocycles. The molecule has 2 atom stereocenters. The lowest BCUT2D eigenvalue weighted by atomic mass is 9.74. The average Bonchev–Trinajstić information content (AvgIpc) is 2.16. The fraction of sp³-hybridized carbons (Fsp3) is 0.667. The van der Waals surface area contributed by atoms with Crippen LogP contribution in [0.15, 0.2) is 11.3 Å². The van der Waals surface area contributed by atoms with Gasteiger partial charge in [0.25, 0.3) is 5.91 Å². The van der Waals surface area contributed by atoms with Crippen molar-refractivity contribution in [3.05, 3.63) is 11.3 Å². The first-order valence-corrected chi connectivity index (χ1v) is 6.74. The first-order chi connectivity index (χ1) is 7.75. The summed E-state index contributed by atoms with van der Waals surface area (Å²) in [4.78, 5) is 25.2. The second-order valence-electron chi connectivity index (χ2n) is 5.75. The van der Waals surface area contributed by atoms with E-state index in [9.17, 15) is 9.59 Å². The van der Waals surface area contributed by atoms with Crippen LogP contribution in [0.1, 0.15) is 27.7 Å². The van der Waals surface area contributed by atoms with E-state index in [2.05, 4.69) is 20.8 Å². The number of primary amides is 1. The van der Waals surface area contributed by atoms with Gasteiger partial charge in [-0.15, -0.1) is 11.8 Å². The van der Waals surface area contributed by atoms with Crippen LogP contribution in [0.2, 0.25) is 0 Å². The summed E-state index contributed by atoms with van der Waals surface area (Å²) in [5, 5.41) is 0.0775. The molecular weight excluding hydrogens is 236 g/mol. The number of nitrogens with zero attached hydrogens (tertiary/aromatic N) is 1. The first-order valence-electron chi connectivity index (χ1n) is 5.69. The van der Waals surface area contributed by atoms with Crippen molar-refractivity contribution in [1.82, 2.24) is 4.90 Å². The van der Waals surface area contributed by atoms with Crippen molar-refractivity contribution in [1.29, 1.82) is 0 Å². The van der Waals surface area contributed by atoms with E-state index in [0.717, 1.165) is 11.3 Å². The van der Waals surface area contributed by atoms with Crippen LogP contribution in [0.4, 0.5) is 0 Å². The zero-order valence-electron chi connectivity index (χ0n) is 10.6. The second-order valence-corrected chi connectivity index (χ2v) is 6.85. The number of hydrogen-bond donors (Lipinski definition) is 1. The summed E-state index contributed by atoms with van der Waals surface area (Å²) in [6.07, 6.45) is 0. The van der Waals surface area contributed by atoms with Gasteiger partial charge in [-0.1, -0.05) is 20.8 Å². The first kappa shape index (κ1) is 12.5. The van der Waals surface area contributed by atoms with Gasteiger partial charge in [-0.3, -0.25) is 14.5 Å². The highest BCUT2D eigenvalue weighted by Gasteiger charge is 2.56. The van der Waals surface area contributed by atoms with Crippen molar-refractivity contribution in [2.75, 3.05) is 5.75 Å². The SMILES string of the molecule is CC1=C(C(N)=O)N2C(=O)C(C(C)(C)C)C2SC1. The van der Waals surface area contributed by atoms with Crippen LogP contribution in [-0.2, 0) is 9.59 Å². The van der Waals surface area contributed by atoms with Crippen LogP contribution in [0.25, 0.3) is 0 Å². The summed E-state index contributed by atoms with van der Waals surface area (Å²) in [7, 11) is 0. The Morgan fingerprint density at radius 3 is 2.53 bits per heavy atom. The number of nitrogens with two attached hydrogens (primary N) is 1. The lowest BCUT2D eigenvalue weighted by molar-refractivity contribution is -0.155. The van der Waals surface area contributed by atoms with E-state index in [-0.39, 0.29) is 22.6 Å². The molecule has 2 amide bonds. The van der Waals surface area contributed by atoms with Crippen molar-refractivity contribution in [2.45, 2.75) is 33.1 Å². The standard InChI is InChI=1S/C12H18N2O2S/c1-6-5-17-11-7(12(2,3)4)10(16)14(11)8(6)9(13)15/h7,11H,5H2,1-4H3,(H2,13,15). The van der Waals surface area contributed by atoms with Crippen LogP contribution >= 0.6 is 11.8 Å². The number of amides is 2. The monoisotopic (exact) mass is 254 g/mol. The van der Waals surface area contributed by atoms with Crippen molar-refractivity contribution in [3.8, 4) is 0 Å². The van der Waals surface area contributed by atoms with E-state index >= 15 is 0 Å². The van der Waals surface area contributed by atoms with Gasteiger partial charge in [0.1, 0.15) is 5.70 Å². The number of carbonyl (C=O) groups excluding carboxylic acids is 2. The van der Waals surface area contributed by atoms with Crippen LogP contribution < -0.4 is 5.73 Å². The van der Waals surface area contributed by atoms with Crippen LogP contribution in [0.3, 0.4) is 0 Å². The molecule has 0 bridgehead atoms. The fourth-order valence-corrected chi connectivity index (χ4v) is 4.12. The number of rotatable bonds is 1. The molecule has 0 saturated carbocycles. The minimum atomic E-state index is -0.492. The normalized spacial score (nSPS) is 28.9. The number of thioether (sulfide) groups is 1. The minimum Gasteiger partial charge on any atom is -0.364 e. The highest BCUT2D eigenvalue weighted by Crippen LogP contribution is 2.50. The zero-order valence-corrected chi connectivity index (χ0v) is 11.4. The third kappa shape index (κ3) is 1.76. The van der Waals surface area contributed by atoms with Gasteiger partial charge in [-0.25, -0.2) is 0 Å². The van der Waals surface area contributed by atoms with E-state index in [0.29, 0.717) is 5.70 Å². The molecule has 0 aromatic carbocycles. The van der Waals surface area contributed by atoms with Crippen LogP contribution in [0, 0.1) is 11.3 Å². The molecule has 1 saturated heterocycles. The predicted molar refractivity (Wildman–Crippen MR) is 67.9 cm³/mol. The van der Waals surface area contributed by atoms with E-state index < -0.39 is 5.91 Å². The largest absolute Gasteiger partial charge is 0.364 e. The molecule has 2 aliphatic heterocycles. The van der Waals surface area contributed by atoms with Gasteiger partial charge in [0.15, 0.2) is 0 Å². The Labute approximate surface area is 106 Å². The molecule has 94 valence electrons. The topological polar surface area (TPSA) is 63.4 Å². The van der Waals surface area contributed by atoms with Crippen molar-refractivity contribution < 1.29 is 9.59 Å². The molecule has 0 aromatic rings. The van der Waals surface area contributed by atoms with Gasteiger partial charge in [0.2, 0.25) is 5.91 Å². The van der Waals surface area contributed by atoms with Crippen molar-refractivity contribution in [3.63, 3.8) is 0 Å². The Morgan fingerprint density at radius 2 is 2.06 bits per heavy atom. The summed E-state index contributed by atoms with van der Waals surface area (Å²) in [5.74, 6) is 0.297. The molecule has 2 rings (SSSR count). The second kappa shape index (κ2) is 3.77. The molecule has 2 N–H and O–H groups in total. The average molecular weight is 254 g/mol. The van der Waals surface area contributed by atoms with E-state index in [1.165, 1.54) is 0 Å². The zero-order chi connectivity index (χ0) is 13.0. The maximum absolute atomic E-state index is 12.2. The maximum Gasteiger partial charge on any atom is 0.265 e. The third-order valence-electron chi connectivity index (χ3n) is 3.33. The maximum atomic E-state index is 12.2. The van der Waals surface area contributed by atoms with Crippen molar-refractivity contribution >= 4 is 23.6 Å². The Hall–Kier alpha value is -0.970. The van der Waals surface area contributed by atoms with E-state index in [1.807, 2.05) is 6.92 Å². The third-order valence-corrected chi connectivity index (χ3v) is 4.75. The van der Waals surface area contributed by atoms with Gasteiger partial charge in [-0.05, 0) is 17.9 Å². The number of carbonyl (C=O) groups is 2. The summed E-state index contributed by atoms with van der Waals surface area (Å²) in [6, 6.07) is 0. The fourth-order valence-electron chi connectivity index (χ4n) is 2.48. The number of β-lactam (4-membered cyclic amide) rings is 1. The lowest BCUT2D eigenvalue weighted by Gasteiger charge is -2.54. The molecular formula is C12H18N2O2S. The van der Waals surface area contributed by atoms with Gasteiger partial charge in [0.05, 0.1) is 11.3 Å². The van der Waals surface area contributed by atoms with Gasteiger partial charge in [-0.2, -0.15) is 0 Å². The predicted octanol–water partition coefficient (Wildman–Crippen LogP) is 1.32. The molecule has 1 fully saturated rings.